The number of halogens is 1. The molecule has 0 amide bonds. The van der Waals surface area contributed by atoms with Gasteiger partial charge in [-0.3, -0.25) is 0 Å². The number of carboxylic acids is 1. The third-order valence-corrected chi connectivity index (χ3v) is 4.42. The van der Waals surface area contributed by atoms with E-state index in [4.69, 9.17) is 5.11 Å². The third kappa shape index (κ3) is 3.16. The minimum Gasteiger partial charge on any atom is -0.478 e. The highest BCUT2D eigenvalue weighted by Crippen LogP contribution is 2.26. The summed E-state index contributed by atoms with van der Waals surface area (Å²) in [5.41, 5.74) is 0.104. The predicted molar refractivity (Wildman–Crippen MR) is 71.9 cm³/mol. The van der Waals surface area contributed by atoms with E-state index >= 15 is 0 Å². The summed E-state index contributed by atoms with van der Waals surface area (Å²) in [6.07, 6.45) is 3.54. The number of carboxylic acid groups (broad SMARTS) is 1. The van der Waals surface area contributed by atoms with Crippen LogP contribution in [0.2, 0.25) is 0 Å². The Bertz CT molecular complexity index is 433. The average molecular weight is 269 g/mol. The Balaban J connectivity index is 2.05. The molecule has 0 spiro atoms. The van der Waals surface area contributed by atoms with E-state index in [1.54, 1.807) is 0 Å². The zero-order valence-corrected chi connectivity index (χ0v) is 10.8. The zero-order valence-electron chi connectivity index (χ0n) is 9.99. The van der Waals surface area contributed by atoms with Crippen LogP contribution in [-0.4, -0.2) is 28.6 Å². The number of hydrogen-bond donors (Lipinski definition) is 2. The molecule has 98 valence electrons. The van der Waals surface area contributed by atoms with Crippen LogP contribution < -0.4 is 5.32 Å². The molecule has 2 N–H and O–H groups in total. The van der Waals surface area contributed by atoms with E-state index < -0.39 is 11.8 Å². The molecule has 1 saturated heterocycles. The maximum absolute atomic E-state index is 13.6. The Labute approximate surface area is 110 Å². The topological polar surface area (TPSA) is 49.3 Å². The molecule has 0 aromatic heterocycles. The zero-order chi connectivity index (χ0) is 13.0. The highest BCUT2D eigenvalue weighted by atomic mass is 32.2. The van der Waals surface area contributed by atoms with Crippen LogP contribution in [0.4, 0.5) is 10.1 Å². The minimum absolute atomic E-state index is 0.00388. The van der Waals surface area contributed by atoms with Crippen LogP contribution in [0.1, 0.15) is 29.6 Å². The number of anilines is 1. The van der Waals surface area contributed by atoms with E-state index in [9.17, 15) is 9.18 Å². The Kier molecular flexibility index (Phi) is 4.47. The summed E-state index contributed by atoms with van der Waals surface area (Å²) >= 11 is 1.87. The average Bonchev–Trinajstić information content (AvgIpc) is 2.38. The van der Waals surface area contributed by atoms with Crippen molar-refractivity contribution in [2.75, 3.05) is 17.6 Å². The van der Waals surface area contributed by atoms with Gasteiger partial charge in [0, 0.05) is 11.8 Å². The van der Waals surface area contributed by atoms with Crippen molar-refractivity contribution in [2.45, 2.75) is 24.5 Å². The van der Waals surface area contributed by atoms with Gasteiger partial charge in [0.05, 0.1) is 11.3 Å². The molecule has 5 heteroatoms. The van der Waals surface area contributed by atoms with E-state index in [1.165, 1.54) is 31.0 Å². The fourth-order valence-electron chi connectivity index (χ4n) is 2.07. The molecule has 2 rings (SSSR count). The molecular weight excluding hydrogens is 253 g/mol. The maximum Gasteiger partial charge on any atom is 0.337 e. The Morgan fingerprint density at radius 2 is 2.33 bits per heavy atom. The highest BCUT2D eigenvalue weighted by molar-refractivity contribution is 7.99. The number of benzene rings is 1. The van der Waals surface area contributed by atoms with Gasteiger partial charge in [-0.05, 0) is 30.7 Å². The van der Waals surface area contributed by atoms with Crippen LogP contribution in [0, 0.1) is 5.82 Å². The lowest BCUT2D eigenvalue weighted by Crippen LogP contribution is -2.21. The number of aromatic carboxylic acids is 1. The molecule has 18 heavy (non-hydrogen) atoms. The van der Waals surface area contributed by atoms with E-state index in [-0.39, 0.29) is 11.3 Å². The van der Waals surface area contributed by atoms with Gasteiger partial charge in [-0.1, -0.05) is 12.5 Å². The Morgan fingerprint density at radius 1 is 1.50 bits per heavy atom. The number of carbonyl (C=O) groups is 1. The standard InChI is InChI=1S/C13H16FNO2S/c14-11-6-3-5-10(13(16)17)12(11)15-8-9-4-1-2-7-18-9/h3,5-6,9,15H,1-2,4,7-8H2,(H,16,17). The number of nitrogens with one attached hydrogen (secondary N) is 1. The molecule has 1 fully saturated rings. The normalized spacial score (nSPS) is 19.5. The summed E-state index contributed by atoms with van der Waals surface area (Å²) in [6.45, 7) is 0.617. The first kappa shape index (κ1) is 13.2. The molecule has 1 atom stereocenters. The van der Waals surface area contributed by atoms with Gasteiger partial charge in [0.2, 0.25) is 0 Å². The number of hydrogen-bond acceptors (Lipinski definition) is 3. The van der Waals surface area contributed by atoms with E-state index in [0.717, 1.165) is 12.2 Å². The second-order valence-corrected chi connectivity index (χ2v) is 5.75. The van der Waals surface area contributed by atoms with Crippen LogP contribution >= 0.6 is 11.8 Å². The van der Waals surface area contributed by atoms with Gasteiger partial charge >= 0.3 is 5.97 Å². The van der Waals surface area contributed by atoms with Gasteiger partial charge in [0.15, 0.2) is 0 Å². The first-order chi connectivity index (χ1) is 8.68. The summed E-state index contributed by atoms with van der Waals surface area (Å²) in [6, 6.07) is 4.11. The van der Waals surface area contributed by atoms with Crippen molar-refractivity contribution >= 4 is 23.4 Å². The van der Waals surface area contributed by atoms with Gasteiger partial charge < -0.3 is 10.4 Å². The maximum atomic E-state index is 13.6. The number of para-hydroxylation sites is 1. The van der Waals surface area contributed by atoms with Gasteiger partial charge in [0.25, 0.3) is 0 Å². The predicted octanol–water partition coefficient (Wildman–Crippen LogP) is 3.22. The first-order valence-corrected chi connectivity index (χ1v) is 7.10. The summed E-state index contributed by atoms with van der Waals surface area (Å²) in [7, 11) is 0. The largest absolute Gasteiger partial charge is 0.478 e. The lowest BCUT2D eigenvalue weighted by atomic mass is 10.1. The summed E-state index contributed by atoms with van der Waals surface area (Å²) in [5.74, 6) is -0.473. The molecule has 1 unspecified atom stereocenters. The van der Waals surface area contributed by atoms with Crippen LogP contribution in [0.3, 0.4) is 0 Å². The van der Waals surface area contributed by atoms with E-state index in [0.29, 0.717) is 11.8 Å². The molecule has 1 heterocycles. The summed E-state index contributed by atoms with van der Waals surface area (Å²) < 4.78 is 13.6. The molecule has 3 nitrogen and oxygen atoms in total. The molecule has 1 aliphatic rings. The SMILES string of the molecule is O=C(O)c1cccc(F)c1NCC1CCCCS1. The third-order valence-electron chi connectivity index (χ3n) is 3.02. The smallest absolute Gasteiger partial charge is 0.337 e. The first-order valence-electron chi connectivity index (χ1n) is 6.06. The lowest BCUT2D eigenvalue weighted by Gasteiger charge is -2.22. The van der Waals surface area contributed by atoms with Gasteiger partial charge in [-0.25, -0.2) is 9.18 Å². The van der Waals surface area contributed by atoms with Crippen LogP contribution in [0.15, 0.2) is 18.2 Å². The van der Waals surface area contributed by atoms with Crippen molar-refractivity contribution < 1.29 is 14.3 Å². The fraction of sp³-hybridized carbons (Fsp3) is 0.462. The van der Waals surface area contributed by atoms with E-state index in [2.05, 4.69) is 5.32 Å². The van der Waals surface area contributed by atoms with Crippen molar-refractivity contribution in [3.63, 3.8) is 0 Å². The molecule has 0 bridgehead atoms. The Morgan fingerprint density at radius 3 is 3.00 bits per heavy atom. The van der Waals surface area contributed by atoms with Gasteiger partial charge in [-0.15, -0.1) is 0 Å². The monoisotopic (exact) mass is 269 g/mol. The van der Waals surface area contributed by atoms with Crippen LogP contribution in [-0.2, 0) is 0 Å². The van der Waals surface area contributed by atoms with Crippen molar-refractivity contribution in [1.82, 2.24) is 0 Å². The minimum atomic E-state index is -1.10. The Hall–Kier alpha value is -1.23. The van der Waals surface area contributed by atoms with Crippen molar-refractivity contribution in [3.8, 4) is 0 Å². The van der Waals surface area contributed by atoms with Crippen LogP contribution in [0.25, 0.3) is 0 Å². The van der Waals surface area contributed by atoms with E-state index in [1.807, 2.05) is 11.8 Å². The molecular formula is C13H16FNO2S. The number of thioether (sulfide) groups is 1. The van der Waals surface area contributed by atoms with Crippen molar-refractivity contribution in [2.24, 2.45) is 0 Å². The highest BCUT2D eigenvalue weighted by Gasteiger charge is 2.17. The fourth-order valence-corrected chi connectivity index (χ4v) is 3.30. The molecule has 0 saturated carbocycles. The second-order valence-electron chi connectivity index (χ2n) is 4.34. The lowest BCUT2D eigenvalue weighted by molar-refractivity contribution is 0.0697. The second kappa shape index (κ2) is 6.09. The molecule has 1 aromatic rings. The number of rotatable bonds is 4. The van der Waals surface area contributed by atoms with Crippen LogP contribution in [0.5, 0.6) is 0 Å². The molecule has 0 aliphatic carbocycles. The van der Waals surface area contributed by atoms with Gasteiger partial charge in [-0.2, -0.15) is 11.8 Å². The van der Waals surface area contributed by atoms with Crippen molar-refractivity contribution in [1.29, 1.82) is 0 Å². The van der Waals surface area contributed by atoms with Crippen molar-refractivity contribution in [3.05, 3.63) is 29.6 Å². The molecule has 0 radical (unpaired) electrons. The molecule has 1 aliphatic heterocycles. The molecule has 1 aromatic carbocycles. The van der Waals surface area contributed by atoms with Gasteiger partial charge in [0.1, 0.15) is 5.82 Å². The summed E-state index contributed by atoms with van der Waals surface area (Å²) in [5, 5.41) is 12.4. The summed E-state index contributed by atoms with van der Waals surface area (Å²) in [4.78, 5) is 11.0. The quantitative estimate of drug-likeness (QED) is 0.881.